The summed E-state index contributed by atoms with van der Waals surface area (Å²) in [6.45, 7) is 0. The molecule has 0 atom stereocenters. The third-order valence-corrected chi connectivity index (χ3v) is 12.6. The van der Waals surface area contributed by atoms with Gasteiger partial charge in [0, 0.05) is 25.6 Å². The summed E-state index contributed by atoms with van der Waals surface area (Å²) in [6, 6.07) is 59.7. The molecule has 9 aromatic carbocycles. The van der Waals surface area contributed by atoms with Gasteiger partial charge in [0.1, 0.15) is 0 Å². The molecule has 0 N–H and O–H groups in total. The Hall–Kier alpha value is -5.76. The standard InChI is InChI=1S/C47H26S/c1-5-19-38-29(12-1)30-13-2-6-20-39(30)47(38)40-21-7-3-14-31(40)37-25-27(23-24-41(37)47)36-26-28-11-9-17-34-43(28)44-32(36)16-10-18-35(44)46-45(34)33-15-4-8-22-42(33)48-46/h1-26H. The van der Waals surface area contributed by atoms with Crippen LogP contribution in [0.3, 0.4) is 0 Å². The summed E-state index contributed by atoms with van der Waals surface area (Å²) in [4.78, 5) is 0. The maximum atomic E-state index is 2.49. The largest absolute Gasteiger partial charge is 0.135 e. The molecule has 2 aliphatic rings. The Bertz CT molecular complexity index is 2960. The molecule has 1 aromatic heterocycles. The molecule has 0 nitrogen and oxygen atoms in total. The van der Waals surface area contributed by atoms with Gasteiger partial charge in [0.25, 0.3) is 0 Å². The van der Waals surface area contributed by atoms with Gasteiger partial charge in [0.2, 0.25) is 0 Å². The van der Waals surface area contributed by atoms with E-state index >= 15 is 0 Å². The average molecular weight is 623 g/mol. The lowest BCUT2D eigenvalue weighted by Gasteiger charge is -2.30. The average Bonchev–Trinajstić information content (AvgIpc) is 3.79. The maximum Gasteiger partial charge on any atom is 0.0725 e. The van der Waals surface area contributed by atoms with Gasteiger partial charge in [0.15, 0.2) is 0 Å². The van der Waals surface area contributed by atoms with Crippen LogP contribution in [0.4, 0.5) is 0 Å². The van der Waals surface area contributed by atoms with Crippen LogP contribution in [-0.4, -0.2) is 0 Å². The third kappa shape index (κ3) is 2.86. The molecule has 12 rings (SSSR count). The molecule has 10 aromatic rings. The van der Waals surface area contributed by atoms with Crippen LogP contribution in [0.1, 0.15) is 22.3 Å². The highest BCUT2D eigenvalue weighted by Gasteiger charge is 2.51. The summed E-state index contributed by atoms with van der Waals surface area (Å²) < 4.78 is 2.74. The first-order chi connectivity index (χ1) is 23.8. The highest BCUT2D eigenvalue weighted by molar-refractivity contribution is 7.27. The van der Waals surface area contributed by atoms with Crippen LogP contribution >= 0.6 is 11.3 Å². The van der Waals surface area contributed by atoms with Gasteiger partial charge in [-0.3, -0.25) is 0 Å². The quantitative estimate of drug-likeness (QED) is 0.160. The summed E-state index contributed by atoms with van der Waals surface area (Å²) in [5, 5.41) is 10.9. The first-order valence-corrected chi connectivity index (χ1v) is 17.6. The molecule has 1 heterocycles. The number of fused-ring (bicyclic) bond motifs is 15. The first kappa shape index (κ1) is 25.3. The highest BCUT2D eigenvalue weighted by atomic mass is 32.1. The fraction of sp³-hybridized carbons (Fsp3) is 0.0213. The van der Waals surface area contributed by atoms with Crippen LogP contribution in [0, 0.1) is 0 Å². The molecule has 0 amide bonds. The predicted octanol–water partition coefficient (Wildman–Crippen LogP) is 13.0. The fourth-order valence-corrected chi connectivity index (χ4v) is 10.9. The minimum atomic E-state index is -0.316. The molecule has 0 fully saturated rings. The Morgan fingerprint density at radius 2 is 0.938 bits per heavy atom. The van der Waals surface area contributed by atoms with Gasteiger partial charge >= 0.3 is 0 Å². The zero-order chi connectivity index (χ0) is 31.1. The topological polar surface area (TPSA) is 0 Å². The minimum absolute atomic E-state index is 0.316. The van der Waals surface area contributed by atoms with Crippen molar-refractivity contribution in [2.24, 2.45) is 0 Å². The molecule has 1 spiro atoms. The van der Waals surface area contributed by atoms with Crippen LogP contribution in [0.15, 0.2) is 158 Å². The lowest BCUT2D eigenvalue weighted by atomic mass is 9.70. The highest BCUT2D eigenvalue weighted by Crippen LogP contribution is 2.63. The van der Waals surface area contributed by atoms with Gasteiger partial charge in [-0.15, -0.1) is 11.3 Å². The van der Waals surface area contributed by atoms with Gasteiger partial charge in [0.05, 0.1) is 5.41 Å². The van der Waals surface area contributed by atoms with E-state index in [1.54, 1.807) is 0 Å². The summed E-state index contributed by atoms with van der Waals surface area (Å²) in [7, 11) is 0. The molecule has 48 heavy (non-hydrogen) atoms. The Morgan fingerprint density at radius 1 is 0.354 bits per heavy atom. The van der Waals surface area contributed by atoms with Crippen LogP contribution < -0.4 is 0 Å². The van der Waals surface area contributed by atoms with Crippen molar-refractivity contribution in [3.63, 3.8) is 0 Å². The van der Waals surface area contributed by atoms with Crippen LogP contribution in [0.25, 0.3) is 85.9 Å². The van der Waals surface area contributed by atoms with Gasteiger partial charge in [-0.1, -0.05) is 140 Å². The lowest BCUT2D eigenvalue weighted by Crippen LogP contribution is -2.25. The summed E-state index contributed by atoms with van der Waals surface area (Å²) in [5.74, 6) is 0. The van der Waals surface area contributed by atoms with Crippen molar-refractivity contribution in [1.82, 2.24) is 0 Å². The molecule has 0 unspecified atom stereocenters. The van der Waals surface area contributed by atoms with Crippen LogP contribution in [0.2, 0.25) is 0 Å². The summed E-state index contributed by atoms with van der Waals surface area (Å²) >= 11 is 1.93. The fourth-order valence-electron chi connectivity index (χ4n) is 9.65. The van der Waals surface area contributed by atoms with Crippen LogP contribution in [0.5, 0.6) is 0 Å². The zero-order valence-electron chi connectivity index (χ0n) is 25.9. The number of thiophene rings is 1. The van der Waals surface area contributed by atoms with E-state index in [1.807, 2.05) is 11.3 Å². The smallest absolute Gasteiger partial charge is 0.0725 e. The molecule has 1 heteroatoms. The van der Waals surface area contributed by atoms with E-state index in [2.05, 4.69) is 158 Å². The van der Waals surface area contributed by atoms with E-state index in [9.17, 15) is 0 Å². The van der Waals surface area contributed by atoms with Crippen molar-refractivity contribution in [3.8, 4) is 33.4 Å². The van der Waals surface area contributed by atoms with E-state index in [-0.39, 0.29) is 5.41 Å². The Kier molecular flexibility index (Phi) is 4.63. The molecule has 0 bridgehead atoms. The van der Waals surface area contributed by atoms with Crippen molar-refractivity contribution in [2.75, 3.05) is 0 Å². The Balaban J connectivity index is 1.18. The number of rotatable bonds is 1. The second kappa shape index (κ2) is 8.77. The van der Waals surface area contributed by atoms with E-state index < -0.39 is 0 Å². The van der Waals surface area contributed by atoms with Gasteiger partial charge in [-0.2, -0.15) is 0 Å². The molecule has 220 valence electrons. The number of benzene rings is 9. The zero-order valence-corrected chi connectivity index (χ0v) is 26.7. The molecule has 0 saturated heterocycles. The molecular weight excluding hydrogens is 597 g/mol. The van der Waals surface area contributed by atoms with Crippen molar-refractivity contribution in [2.45, 2.75) is 5.41 Å². The second-order valence-corrected chi connectivity index (χ2v) is 14.6. The maximum absolute atomic E-state index is 2.49. The molecular formula is C47H26S. The lowest BCUT2D eigenvalue weighted by molar-refractivity contribution is 0.794. The van der Waals surface area contributed by atoms with Gasteiger partial charge in [-0.25, -0.2) is 0 Å². The second-order valence-electron chi connectivity index (χ2n) is 13.5. The van der Waals surface area contributed by atoms with E-state index in [0.717, 1.165) is 0 Å². The van der Waals surface area contributed by atoms with E-state index in [4.69, 9.17) is 0 Å². The monoisotopic (exact) mass is 622 g/mol. The Morgan fingerprint density at radius 3 is 1.71 bits per heavy atom. The molecule has 0 saturated carbocycles. The summed E-state index contributed by atoms with van der Waals surface area (Å²) in [5.41, 5.74) is 13.2. The van der Waals surface area contributed by atoms with Crippen molar-refractivity contribution in [3.05, 3.63) is 180 Å². The molecule has 0 aliphatic heterocycles. The minimum Gasteiger partial charge on any atom is -0.135 e. The molecule has 0 radical (unpaired) electrons. The van der Waals surface area contributed by atoms with E-state index in [0.29, 0.717) is 0 Å². The first-order valence-electron chi connectivity index (χ1n) is 16.8. The Labute approximate surface area is 281 Å². The van der Waals surface area contributed by atoms with Crippen molar-refractivity contribution >= 4 is 63.8 Å². The van der Waals surface area contributed by atoms with E-state index in [1.165, 1.54) is 108 Å². The SMILES string of the molecule is c1ccc2c(c1)-c1ccccc1C21c2ccccc2-c2cc(-c3cc4cccc5c6c7ccccc7sc6c6cccc3c6c45)ccc21. The van der Waals surface area contributed by atoms with Crippen molar-refractivity contribution < 1.29 is 0 Å². The predicted molar refractivity (Wildman–Crippen MR) is 205 cm³/mol. The van der Waals surface area contributed by atoms with Gasteiger partial charge < -0.3 is 0 Å². The number of hydrogen-bond acceptors (Lipinski definition) is 1. The third-order valence-electron chi connectivity index (χ3n) is 11.4. The van der Waals surface area contributed by atoms with Crippen molar-refractivity contribution in [1.29, 1.82) is 0 Å². The van der Waals surface area contributed by atoms with Crippen LogP contribution in [-0.2, 0) is 5.41 Å². The number of hydrogen-bond donors (Lipinski definition) is 0. The summed E-state index contributed by atoms with van der Waals surface area (Å²) in [6.07, 6.45) is 0. The molecule has 2 aliphatic carbocycles. The van der Waals surface area contributed by atoms with Gasteiger partial charge in [-0.05, 0) is 101 Å². The normalized spacial score (nSPS) is 14.0.